The first-order valence-electron chi connectivity index (χ1n) is 19.5. The van der Waals surface area contributed by atoms with Crippen molar-refractivity contribution >= 4 is 22.5 Å². The SMILES string of the molecule is Cc1ccnc(N2CCC(C)(C)c3ccc(Oc4[c-]c(-n5[c](=[Pt])n(-c6c(-c7ccccc7)c(C)c(C)c(C)c6-c6ccccc6)c6ccccc65)ccc4)[c-]c32)c1. The topological polar surface area (TPSA) is 35.2 Å². The molecule has 0 aliphatic carbocycles. The van der Waals surface area contributed by atoms with Gasteiger partial charge in [0.05, 0.1) is 0 Å². The van der Waals surface area contributed by atoms with E-state index in [4.69, 9.17) is 9.72 Å². The van der Waals surface area contributed by atoms with Gasteiger partial charge in [0.2, 0.25) is 0 Å². The summed E-state index contributed by atoms with van der Waals surface area (Å²) < 4.78 is 12.4. The fraction of sp³-hybridized carbons (Fsp3) is 0.176. The van der Waals surface area contributed by atoms with Crippen molar-refractivity contribution in [3.8, 4) is 45.1 Å². The third-order valence-electron chi connectivity index (χ3n) is 11.7. The molecule has 6 heteroatoms. The molecule has 0 saturated heterocycles. The first-order valence-corrected chi connectivity index (χ1v) is 20.6. The quantitative estimate of drug-likeness (QED) is 0.149. The first kappa shape index (κ1) is 36.8. The van der Waals surface area contributed by atoms with E-state index in [-0.39, 0.29) is 5.41 Å². The number of benzene rings is 6. The summed E-state index contributed by atoms with van der Waals surface area (Å²) in [4.78, 5) is 7.01. The number of ether oxygens (including phenoxy) is 1. The molecule has 0 bridgehead atoms. The standard InChI is InChI=1S/C51H44N4O.Pt/c1-34-26-28-52-47(30-34)53-29-27-51(5,6)43-25-24-42(32-46(43)53)56-41-21-15-20-40(31-41)54-33-55(45-23-14-13-22-44(45)54)50-48(38-16-9-7-10-17-38)36(3)35(2)37(4)49(50)39-18-11-8-12-19-39;/h7-26,28,30H,27,29H2,1-6H3;/q-2;. The number of fused-ring (bicyclic) bond motifs is 2. The zero-order valence-electron chi connectivity index (χ0n) is 33.1. The number of aromatic nitrogens is 3. The number of hydrogen-bond acceptors (Lipinski definition) is 3. The van der Waals surface area contributed by atoms with Crippen LogP contribution in [0.5, 0.6) is 11.5 Å². The van der Waals surface area contributed by atoms with E-state index >= 15 is 0 Å². The van der Waals surface area contributed by atoms with Crippen LogP contribution in [0.15, 0.2) is 134 Å². The van der Waals surface area contributed by atoms with Crippen LogP contribution in [0.3, 0.4) is 0 Å². The van der Waals surface area contributed by atoms with Crippen LogP contribution >= 0.6 is 0 Å². The van der Waals surface area contributed by atoms with Crippen molar-refractivity contribution < 1.29 is 24.1 Å². The van der Waals surface area contributed by atoms with Gasteiger partial charge in [-0.15, -0.1) is 0 Å². The van der Waals surface area contributed by atoms with Gasteiger partial charge in [0.1, 0.15) is 0 Å². The van der Waals surface area contributed by atoms with Crippen LogP contribution in [0.1, 0.15) is 48.1 Å². The van der Waals surface area contributed by atoms with Crippen LogP contribution in [-0.4, -0.2) is 20.7 Å². The Labute approximate surface area is 346 Å². The van der Waals surface area contributed by atoms with Crippen molar-refractivity contribution in [2.45, 2.75) is 53.4 Å². The molecule has 9 rings (SSSR count). The van der Waals surface area contributed by atoms with E-state index in [1.165, 1.54) is 55.8 Å². The molecule has 0 N–H and O–H groups in total. The van der Waals surface area contributed by atoms with E-state index in [0.29, 0.717) is 11.5 Å². The number of aryl methyl sites for hydroxylation is 1. The summed E-state index contributed by atoms with van der Waals surface area (Å²) in [5.74, 6) is 2.20. The molecule has 1 aliphatic heterocycles. The maximum atomic E-state index is 6.64. The monoisotopic (exact) mass is 923 g/mol. The molecule has 8 aromatic rings. The van der Waals surface area contributed by atoms with Crippen LogP contribution in [0.4, 0.5) is 11.5 Å². The molecule has 1 aliphatic rings. The molecule has 0 atom stereocenters. The fourth-order valence-electron chi connectivity index (χ4n) is 8.39. The Hall–Kier alpha value is -5.77. The molecule has 286 valence electrons. The third-order valence-corrected chi connectivity index (χ3v) is 12.7. The number of nitrogens with zero attached hydrogens (tertiary/aromatic N) is 4. The second-order valence-electron chi connectivity index (χ2n) is 15.7. The number of para-hydroxylation sites is 2. The minimum atomic E-state index is 0.00755. The molecule has 0 amide bonds. The van der Waals surface area contributed by atoms with Gasteiger partial charge in [-0.05, 0) is 18.6 Å². The van der Waals surface area contributed by atoms with Gasteiger partial charge < -0.3 is 0 Å². The minimum absolute atomic E-state index is 0.00755. The van der Waals surface area contributed by atoms with E-state index in [0.717, 1.165) is 45.0 Å². The molecule has 0 unspecified atom stereocenters. The molecule has 57 heavy (non-hydrogen) atoms. The Morgan fingerprint density at radius 1 is 0.649 bits per heavy atom. The van der Waals surface area contributed by atoms with E-state index < -0.39 is 0 Å². The molecule has 2 aromatic heterocycles. The van der Waals surface area contributed by atoms with Gasteiger partial charge in [-0.25, -0.2) is 0 Å². The number of imidazole rings is 1. The van der Waals surface area contributed by atoms with E-state index in [1.807, 2.05) is 30.5 Å². The van der Waals surface area contributed by atoms with Gasteiger partial charge in [0, 0.05) is 6.20 Å². The second-order valence-corrected chi connectivity index (χ2v) is 16.7. The van der Waals surface area contributed by atoms with Crippen LogP contribution in [-0.2, 0) is 24.8 Å². The summed E-state index contributed by atoms with van der Waals surface area (Å²) in [6.45, 7) is 14.4. The summed E-state index contributed by atoms with van der Waals surface area (Å²) in [5, 5.41) is 0. The molecule has 5 nitrogen and oxygen atoms in total. The Balaban J connectivity index is 1.20. The second kappa shape index (κ2) is 14.6. The Morgan fingerprint density at radius 3 is 1.91 bits per heavy atom. The van der Waals surface area contributed by atoms with E-state index in [9.17, 15) is 0 Å². The van der Waals surface area contributed by atoms with Crippen LogP contribution in [0.25, 0.3) is 44.7 Å². The maximum absolute atomic E-state index is 6.64. The van der Waals surface area contributed by atoms with Gasteiger partial charge in [0.25, 0.3) is 0 Å². The summed E-state index contributed by atoms with van der Waals surface area (Å²) in [7, 11) is 0. The van der Waals surface area contributed by atoms with Gasteiger partial charge in [-0.3, -0.25) is 0 Å². The molecule has 0 spiro atoms. The fourth-order valence-corrected chi connectivity index (χ4v) is 9.47. The van der Waals surface area contributed by atoms with Gasteiger partial charge >= 0.3 is 323 Å². The van der Waals surface area contributed by atoms with Crippen LogP contribution in [0, 0.1) is 43.6 Å². The van der Waals surface area contributed by atoms with E-state index in [2.05, 4.69) is 190 Å². The molecule has 0 saturated carbocycles. The molecule has 3 heterocycles. The van der Waals surface area contributed by atoms with Gasteiger partial charge in [-0.2, -0.15) is 0 Å². The van der Waals surface area contributed by atoms with Crippen molar-refractivity contribution in [1.82, 2.24) is 14.1 Å². The Morgan fingerprint density at radius 2 is 1.26 bits per heavy atom. The van der Waals surface area contributed by atoms with Crippen molar-refractivity contribution in [1.29, 1.82) is 0 Å². The number of anilines is 2. The van der Waals surface area contributed by atoms with Crippen molar-refractivity contribution in [2.24, 2.45) is 0 Å². The summed E-state index contributed by atoms with van der Waals surface area (Å²) >= 11 is 2.50. The molecule has 0 radical (unpaired) electrons. The Kier molecular flexibility index (Phi) is 9.45. The Bertz CT molecular complexity index is 2800. The first-order chi connectivity index (χ1) is 27.6. The molecular weight excluding hydrogens is 880 g/mol. The average Bonchev–Trinajstić information content (AvgIpc) is 3.51. The third kappa shape index (κ3) is 6.48. The van der Waals surface area contributed by atoms with Gasteiger partial charge in [0.15, 0.2) is 0 Å². The average molecular weight is 924 g/mol. The molecule has 0 fully saturated rings. The number of rotatable bonds is 7. The van der Waals surface area contributed by atoms with Crippen molar-refractivity contribution in [2.75, 3.05) is 11.4 Å². The van der Waals surface area contributed by atoms with Gasteiger partial charge in [-0.1, -0.05) is 0 Å². The zero-order chi connectivity index (χ0) is 39.4. The van der Waals surface area contributed by atoms with Crippen molar-refractivity contribution in [3.63, 3.8) is 0 Å². The molecular formula is C51H44N4OPt-2. The summed E-state index contributed by atoms with van der Waals surface area (Å²) in [6, 6.07) is 52.1. The van der Waals surface area contributed by atoms with Crippen molar-refractivity contribution in [3.05, 3.63) is 177 Å². The molecule has 6 aromatic carbocycles. The van der Waals surface area contributed by atoms with E-state index in [1.54, 1.807) is 0 Å². The van der Waals surface area contributed by atoms with Crippen LogP contribution in [0.2, 0.25) is 0 Å². The number of hydrogen-bond donors (Lipinski definition) is 0. The summed E-state index contributed by atoms with van der Waals surface area (Å²) in [6.07, 6.45) is 2.90. The normalized spacial score (nSPS) is 13.5. The number of pyridine rings is 1. The van der Waals surface area contributed by atoms with Crippen LogP contribution < -0.4 is 9.64 Å². The predicted octanol–water partition coefficient (Wildman–Crippen LogP) is 12.7. The predicted molar refractivity (Wildman–Crippen MR) is 229 cm³/mol. The summed E-state index contributed by atoms with van der Waals surface area (Å²) in [5.41, 5.74) is 16.4. The zero-order valence-corrected chi connectivity index (χ0v) is 35.4.